The zero-order valence-corrected chi connectivity index (χ0v) is 16.7. The molecule has 1 saturated heterocycles. The summed E-state index contributed by atoms with van der Waals surface area (Å²) in [5, 5.41) is 3.99. The minimum absolute atomic E-state index is 0.279. The first-order valence-corrected chi connectivity index (χ1v) is 10.5. The Balaban J connectivity index is 1.33. The van der Waals surface area contributed by atoms with E-state index in [-0.39, 0.29) is 11.8 Å². The highest BCUT2D eigenvalue weighted by Crippen LogP contribution is 2.28. The van der Waals surface area contributed by atoms with Gasteiger partial charge in [-0.25, -0.2) is 0 Å². The molecule has 2 aliphatic rings. The van der Waals surface area contributed by atoms with Crippen LogP contribution in [-0.2, 0) is 4.79 Å². The summed E-state index contributed by atoms with van der Waals surface area (Å²) in [6.07, 6.45) is 5.64. The Hall–Kier alpha value is -1.10. The molecule has 0 unspecified atom stereocenters. The van der Waals surface area contributed by atoms with Crippen molar-refractivity contribution in [2.75, 3.05) is 39.3 Å². The van der Waals surface area contributed by atoms with Crippen LogP contribution in [0.2, 0.25) is 5.02 Å². The van der Waals surface area contributed by atoms with Crippen LogP contribution in [0.4, 0.5) is 0 Å². The Morgan fingerprint density at radius 3 is 2.58 bits per heavy atom. The third-order valence-electron chi connectivity index (χ3n) is 5.99. The number of benzene rings is 1. The fraction of sp³-hybridized carbons (Fsp3) is 0.667. The molecule has 1 amide bonds. The average Bonchev–Trinajstić information content (AvgIpc) is 3.20. The lowest BCUT2D eigenvalue weighted by molar-refractivity contribution is -0.124. The van der Waals surface area contributed by atoms with E-state index in [1.54, 1.807) is 0 Å². The summed E-state index contributed by atoms with van der Waals surface area (Å²) in [6, 6.07) is 8.52. The minimum atomic E-state index is 0.279. The van der Waals surface area contributed by atoms with Crippen molar-refractivity contribution in [1.82, 2.24) is 15.1 Å². The van der Waals surface area contributed by atoms with Crippen LogP contribution < -0.4 is 5.32 Å². The first-order valence-electron chi connectivity index (χ1n) is 10.1. The van der Waals surface area contributed by atoms with E-state index >= 15 is 0 Å². The molecule has 1 N–H and O–H groups in total. The summed E-state index contributed by atoms with van der Waals surface area (Å²) in [4.78, 5) is 17.1. The molecule has 1 aromatic rings. The van der Waals surface area contributed by atoms with Crippen molar-refractivity contribution in [3.05, 3.63) is 34.9 Å². The largest absolute Gasteiger partial charge is 0.356 e. The molecule has 0 spiro atoms. The van der Waals surface area contributed by atoms with Gasteiger partial charge in [0.05, 0.1) is 0 Å². The fourth-order valence-corrected chi connectivity index (χ4v) is 4.53. The van der Waals surface area contributed by atoms with Gasteiger partial charge >= 0.3 is 0 Å². The first kappa shape index (κ1) is 19.7. The molecule has 3 rings (SSSR count). The lowest BCUT2D eigenvalue weighted by atomic mass is 10.1. The van der Waals surface area contributed by atoms with Crippen molar-refractivity contribution in [3.63, 3.8) is 0 Å². The molecule has 1 saturated carbocycles. The number of rotatable bonds is 7. The summed E-state index contributed by atoms with van der Waals surface area (Å²) in [6.45, 7) is 8.44. The molecule has 1 heterocycles. The lowest BCUT2D eigenvalue weighted by Crippen LogP contribution is -2.47. The summed E-state index contributed by atoms with van der Waals surface area (Å²) in [5.41, 5.74) is 1.22. The van der Waals surface area contributed by atoms with Gasteiger partial charge in [0.15, 0.2) is 0 Å². The zero-order chi connectivity index (χ0) is 18.4. The normalized spacial score (nSPS) is 21.0. The number of carbonyl (C=O) groups is 1. The standard InChI is InChI=1S/C21H32ClN3O/c1-17(19-9-4-5-10-20(19)22)25-15-13-24(14-16-25)12-6-11-23-21(26)18-7-2-3-8-18/h4-5,9-10,17-18H,2-3,6-8,11-16H2,1H3,(H,23,26)/t17-/m0/s1. The molecule has 0 bridgehead atoms. The molecule has 2 fully saturated rings. The van der Waals surface area contributed by atoms with Crippen LogP contribution >= 0.6 is 11.6 Å². The highest BCUT2D eigenvalue weighted by molar-refractivity contribution is 6.31. The van der Waals surface area contributed by atoms with Crippen molar-refractivity contribution < 1.29 is 4.79 Å². The van der Waals surface area contributed by atoms with Crippen molar-refractivity contribution in [2.45, 2.75) is 45.1 Å². The highest BCUT2D eigenvalue weighted by Gasteiger charge is 2.24. The van der Waals surface area contributed by atoms with Crippen LogP contribution in [0.1, 0.15) is 50.6 Å². The third-order valence-corrected chi connectivity index (χ3v) is 6.33. The van der Waals surface area contributed by atoms with Gasteiger partial charge in [-0.1, -0.05) is 42.6 Å². The van der Waals surface area contributed by atoms with Crippen LogP contribution in [0.3, 0.4) is 0 Å². The monoisotopic (exact) mass is 377 g/mol. The molecule has 1 aliphatic heterocycles. The van der Waals surface area contributed by atoms with Crippen molar-refractivity contribution in [3.8, 4) is 0 Å². The molecular weight excluding hydrogens is 346 g/mol. The number of hydrogen-bond donors (Lipinski definition) is 1. The van der Waals surface area contributed by atoms with E-state index in [0.29, 0.717) is 6.04 Å². The molecule has 0 radical (unpaired) electrons. The second-order valence-corrected chi connectivity index (χ2v) is 8.11. The number of halogens is 1. The second kappa shape index (κ2) is 9.72. The van der Waals surface area contributed by atoms with Gasteiger partial charge < -0.3 is 10.2 Å². The Morgan fingerprint density at radius 2 is 1.88 bits per heavy atom. The molecule has 144 valence electrons. The molecule has 4 nitrogen and oxygen atoms in total. The Kier molecular flexibility index (Phi) is 7.35. The van der Waals surface area contributed by atoms with Gasteiger partial charge in [-0.15, -0.1) is 0 Å². The van der Waals surface area contributed by atoms with Crippen LogP contribution in [0, 0.1) is 5.92 Å². The molecule has 26 heavy (non-hydrogen) atoms. The van der Waals surface area contributed by atoms with E-state index < -0.39 is 0 Å². The average molecular weight is 378 g/mol. The quantitative estimate of drug-likeness (QED) is 0.735. The Labute approximate surface area is 162 Å². The number of nitrogens with one attached hydrogen (secondary N) is 1. The van der Waals surface area contributed by atoms with Crippen LogP contribution in [0.15, 0.2) is 24.3 Å². The van der Waals surface area contributed by atoms with Crippen LogP contribution in [0.25, 0.3) is 0 Å². The molecule has 1 aliphatic carbocycles. The summed E-state index contributed by atoms with van der Waals surface area (Å²) < 4.78 is 0. The van der Waals surface area contributed by atoms with Gasteiger partial charge in [0.2, 0.25) is 5.91 Å². The maximum Gasteiger partial charge on any atom is 0.223 e. The number of piperazine rings is 1. The highest BCUT2D eigenvalue weighted by atomic mass is 35.5. The van der Waals surface area contributed by atoms with E-state index in [2.05, 4.69) is 34.2 Å². The zero-order valence-electron chi connectivity index (χ0n) is 15.9. The van der Waals surface area contributed by atoms with E-state index in [0.717, 1.165) is 63.6 Å². The van der Waals surface area contributed by atoms with Gasteiger partial charge in [0.1, 0.15) is 0 Å². The van der Waals surface area contributed by atoms with Gasteiger partial charge in [-0.05, 0) is 44.4 Å². The first-order chi connectivity index (χ1) is 12.6. The van der Waals surface area contributed by atoms with Gasteiger partial charge in [0.25, 0.3) is 0 Å². The van der Waals surface area contributed by atoms with Crippen molar-refractivity contribution >= 4 is 17.5 Å². The molecule has 0 aromatic heterocycles. The fourth-order valence-electron chi connectivity index (χ4n) is 4.23. The van der Waals surface area contributed by atoms with Gasteiger partial charge in [0, 0.05) is 49.7 Å². The summed E-state index contributed by atoms with van der Waals surface area (Å²) >= 11 is 6.35. The predicted molar refractivity (Wildman–Crippen MR) is 107 cm³/mol. The van der Waals surface area contributed by atoms with Gasteiger partial charge in [-0.3, -0.25) is 9.69 Å². The van der Waals surface area contributed by atoms with E-state index in [9.17, 15) is 4.79 Å². The van der Waals surface area contributed by atoms with Crippen molar-refractivity contribution in [2.24, 2.45) is 5.92 Å². The van der Waals surface area contributed by atoms with Crippen LogP contribution in [0.5, 0.6) is 0 Å². The third kappa shape index (κ3) is 5.21. The predicted octanol–water partition coefficient (Wildman–Crippen LogP) is 3.72. The SMILES string of the molecule is C[C@@H](c1ccccc1Cl)N1CCN(CCCNC(=O)C2CCCC2)CC1. The van der Waals surface area contributed by atoms with Crippen molar-refractivity contribution in [1.29, 1.82) is 0 Å². The summed E-state index contributed by atoms with van der Waals surface area (Å²) in [7, 11) is 0. The lowest BCUT2D eigenvalue weighted by Gasteiger charge is -2.38. The maximum absolute atomic E-state index is 12.0. The van der Waals surface area contributed by atoms with Crippen LogP contribution in [-0.4, -0.2) is 55.0 Å². The second-order valence-electron chi connectivity index (χ2n) is 7.70. The molecule has 1 aromatic carbocycles. The smallest absolute Gasteiger partial charge is 0.223 e. The van der Waals surface area contributed by atoms with Gasteiger partial charge in [-0.2, -0.15) is 0 Å². The maximum atomic E-state index is 12.0. The van der Waals surface area contributed by atoms with E-state index in [4.69, 9.17) is 11.6 Å². The number of carbonyl (C=O) groups excluding carboxylic acids is 1. The molecular formula is C21H32ClN3O. The minimum Gasteiger partial charge on any atom is -0.356 e. The number of hydrogen-bond acceptors (Lipinski definition) is 3. The molecule has 5 heteroatoms. The topological polar surface area (TPSA) is 35.6 Å². The van der Waals surface area contributed by atoms with E-state index in [1.807, 2.05) is 12.1 Å². The van der Waals surface area contributed by atoms with E-state index in [1.165, 1.54) is 18.4 Å². The summed E-state index contributed by atoms with van der Waals surface area (Å²) in [5.74, 6) is 0.561. The Morgan fingerprint density at radius 1 is 1.19 bits per heavy atom. The Bertz CT molecular complexity index is 580. The number of amides is 1. The molecule has 1 atom stereocenters. The number of nitrogens with zero attached hydrogens (tertiary/aromatic N) is 2.